The second-order valence-electron chi connectivity index (χ2n) is 7.18. The molecule has 0 N–H and O–H groups in total. The quantitative estimate of drug-likeness (QED) is 0.606. The summed E-state index contributed by atoms with van der Waals surface area (Å²) in [6.45, 7) is 7.12. The van der Waals surface area contributed by atoms with Crippen molar-refractivity contribution in [1.29, 1.82) is 0 Å². The van der Waals surface area contributed by atoms with Gasteiger partial charge in [0.1, 0.15) is 5.69 Å². The number of rotatable bonds is 6. The second-order valence-corrected chi connectivity index (χ2v) is 7.18. The SMILES string of the molecule is C=CC(=O)N1C[C@@H](n2cc(-c3cccnc3)nn2)[C@H](OCc2ccc(C)cc2)C1. The normalized spacial score (nSPS) is 18.7. The van der Waals surface area contributed by atoms with E-state index in [1.54, 1.807) is 22.0 Å². The van der Waals surface area contributed by atoms with E-state index in [-0.39, 0.29) is 18.1 Å². The molecule has 0 spiro atoms. The molecule has 3 heterocycles. The maximum Gasteiger partial charge on any atom is 0.246 e. The molecule has 2 atom stereocenters. The highest BCUT2D eigenvalue weighted by Gasteiger charge is 2.37. The number of amides is 1. The Labute approximate surface area is 169 Å². The summed E-state index contributed by atoms with van der Waals surface area (Å²) in [4.78, 5) is 18.0. The summed E-state index contributed by atoms with van der Waals surface area (Å²) in [7, 11) is 0. The molecule has 1 aliphatic heterocycles. The number of pyridine rings is 1. The lowest BCUT2D eigenvalue weighted by Gasteiger charge is -2.18. The Kier molecular flexibility index (Phi) is 5.48. The number of likely N-dealkylation sites (tertiary alicyclic amines) is 1. The van der Waals surface area contributed by atoms with Crippen LogP contribution in [0.25, 0.3) is 11.3 Å². The molecule has 1 fully saturated rings. The lowest BCUT2D eigenvalue weighted by Crippen LogP contribution is -2.28. The Morgan fingerprint density at radius 1 is 1.28 bits per heavy atom. The summed E-state index contributed by atoms with van der Waals surface area (Å²) in [5, 5.41) is 8.58. The average molecular weight is 389 g/mol. The van der Waals surface area contributed by atoms with Gasteiger partial charge in [-0.3, -0.25) is 9.78 Å². The number of ether oxygens (including phenoxy) is 1. The highest BCUT2D eigenvalue weighted by Crippen LogP contribution is 2.27. The van der Waals surface area contributed by atoms with Crippen molar-refractivity contribution in [2.45, 2.75) is 25.7 Å². The van der Waals surface area contributed by atoms with Gasteiger partial charge in [-0.1, -0.05) is 41.6 Å². The predicted octanol–water partition coefficient (Wildman–Crippen LogP) is 2.80. The van der Waals surface area contributed by atoms with Crippen LogP contribution in [0.5, 0.6) is 0 Å². The molecule has 7 heteroatoms. The first kappa shape index (κ1) is 19.0. The van der Waals surface area contributed by atoms with Crippen molar-refractivity contribution in [3.63, 3.8) is 0 Å². The van der Waals surface area contributed by atoms with E-state index >= 15 is 0 Å². The molecule has 0 radical (unpaired) electrons. The van der Waals surface area contributed by atoms with Gasteiger partial charge < -0.3 is 9.64 Å². The van der Waals surface area contributed by atoms with Crippen molar-refractivity contribution in [1.82, 2.24) is 24.9 Å². The molecule has 1 aliphatic rings. The molecule has 3 aromatic rings. The smallest absolute Gasteiger partial charge is 0.246 e. The number of hydrogen-bond donors (Lipinski definition) is 0. The molecule has 1 aromatic carbocycles. The van der Waals surface area contributed by atoms with Crippen molar-refractivity contribution in [2.24, 2.45) is 0 Å². The van der Waals surface area contributed by atoms with Crippen LogP contribution >= 0.6 is 0 Å². The number of benzene rings is 1. The largest absolute Gasteiger partial charge is 0.369 e. The van der Waals surface area contributed by atoms with E-state index in [1.165, 1.54) is 11.6 Å². The lowest BCUT2D eigenvalue weighted by molar-refractivity contribution is -0.125. The van der Waals surface area contributed by atoms with Gasteiger partial charge in [0.15, 0.2) is 0 Å². The first-order valence-electron chi connectivity index (χ1n) is 9.55. The van der Waals surface area contributed by atoms with E-state index in [0.29, 0.717) is 19.7 Å². The highest BCUT2D eigenvalue weighted by atomic mass is 16.5. The molecule has 1 amide bonds. The van der Waals surface area contributed by atoms with Crippen LogP contribution in [0.3, 0.4) is 0 Å². The minimum absolute atomic E-state index is 0.107. The number of nitrogens with zero attached hydrogens (tertiary/aromatic N) is 5. The zero-order valence-electron chi connectivity index (χ0n) is 16.3. The van der Waals surface area contributed by atoms with E-state index in [1.807, 2.05) is 18.3 Å². The van der Waals surface area contributed by atoms with Gasteiger partial charge in [0.05, 0.1) is 24.9 Å². The zero-order valence-corrected chi connectivity index (χ0v) is 16.3. The van der Waals surface area contributed by atoms with Crippen LogP contribution in [0.2, 0.25) is 0 Å². The molecule has 0 saturated carbocycles. The first-order chi connectivity index (χ1) is 14.1. The predicted molar refractivity (Wildman–Crippen MR) is 109 cm³/mol. The Hall–Kier alpha value is -3.32. The van der Waals surface area contributed by atoms with Crippen LogP contribution in [0.4, 0.5) is 0 Å². The molecular formula is C22H23N5O2. The van der Waals surface area contributed by atoms with Crippen LogP contribution in [0.1, 0.15) is 17.2 Å². The van der Waals surface area contributed by atoms with E-state index in [9.17, 15) is 4.79 Å². The molecule has 7 nitrogen and oxygen atoms in total. The molecular weight excluding hydrogens is 366 g/mol. The molecule has 0 unspecified atom stereocenters. The molecule has 29 heavy (non-hydrogen) atoms. The minimum Gasteiger partial charge on any atom is -0.369 e. The van der Waals surface area contributed by atoms with Gasteiger partial charge in [-0.05, 0) is 30.7 Å². The summed E-state index contributed by atoms with van der Waals surface area (Å²) in [5.41, 5.74) is 3.94. The van der Waals surface area contributed by atoms with Gasteiger partial charge in [0.25, 0.3) is 0 Å². The van der Waals surface area contributed by atoms with E-state index in [4.69, 9.17) is 4.74 Å². The maximum absolute atomic E-state index is 12.2. The Bertz CT molecular complexity index is 984. The van der Waals surface area contributed by atoms with Crippen molar-refractivity contribution in [2.75, 3.05) is 13.1 Å². The minimum atomic E-state index is -0.191. The summed E-state index contributed by atoms with van der Waals surface area (Å²) in [6, 6.07) is 11.9. The number of aromatic nitrogens is 4. The van der Waals surface area contributed by atoms with Crippen LogP contribution < -0.4 is 0 Å². The van der Waals surface area contributed by atoms with Crippen molar-refractivity contribution in [3.8, 4) is 11.3 Å². The molecule has 4 rings (SSSR count). The van der Waals surface area contributed by atoms with Gasteiger partial charge >= 0.3 is 0 Å². The third kappa shape index (κ3) is 4.25. The van der Waals surface area contributed by atoms with Crippen molar-refractivity contribution in [3.05, 3.63) is 78.8 Å². The summed E-state index contributed by atoms with van der Waals surface area (Å²) in [6.07, 6.45) is 6.50. The molecule has 0 aliphatic carbocycles. The Morgan fingerprint density at radius 2 is 2.10 bits per heavy atom. The number of aryl methyl sites for hydroxylation is 1. The fraction of sp³-hybridized carbons (Fsp3) is 0.273. The standard InChI is InChI=1S/C22H23N5O2/c1-3-22(28)26-13-20(21(14-26)29-15-17-8-6-16(2)7-9-17)27-12-19(24-25-27)18-5-4-10-23-11-18/h3-12,20-21H,1,13-15H2,2H3/t20-,21-/m1/s1. The number of carbonyl (C=O) groups is 1. The van der Waals surface area contributed by atoms with Crippen LogP contribution in [-0.2, 0) is 16.1 Å². The second kappa shape index (κ2) is 8.36. The molecule has 0 bridgehead atoms. The van der Waals surface area contributed by atoms with Gasteiger partial charge in [0.2, 0.25) is 5.91 Å². The average Bonchev–Trinajstić information content (AvgIpc) is 3.41. The first-order valence-corrected chi connectivity index (χ1v) is 9.55. The van der Waals surface area contributed by atoms with Crippen LogP contribution in [0.15, 0.2) is 67.6 Å². The zero-order chi connectivity index (χ0) is 20.2. The van der Waals surface area contributed by atoms with Crippen molar-refractivity contribution >= 4 is 5.91 Å². The highest BCUT2D eigenvalue weighted by molar-refractivity contribution is 5.87. The van der Waals surface area contributed by atoms with Crippen molar-refractivity contribution < 1.29 is 9.53 Å². The Balaban J connectivity index is 1.53. The van der Waals surface area contributed by atoms with Crippen LogP contribution in [-0.4, -0.2) is 50.0 Å². The van der Waals surface area contributed by atoms with E-state index < -0.39 is 0 Å². The molecule has 1 saturated heterocycles. The lowest BCUT2D eigenvalue weighted by atomic mass is 10.1. The van der Waals surface area contributed by atoms with E-state index in [2.05, 4.69) is 53.1 Å². The third-order valence-electron chi connectivity index (χ3n) is 5.12. The van der Waals surface area contributed by atoms with Gasteiger partial charge in [-0.25, -0.2) is 4.68 Å². The molecule has 148 valence electrons. The van der Waals surface area contributed by atoms with Gasteiger partial charge in [0, 0.05) is 31.0 Å². The molecule has 2 aromatic heterocycles. The Morgan fingerprint density at radius 3 is 2.83 bits per heavy atom. The van der Waals surface area contributed by atoms with Crippen LogP contribution in [0, 0.1) is 6.92 Å². The van der Waals surface area contributed by atoms with E-state index in [0.717, 1.165) is 16.8 Å². The summed E-state index contributed by atoms with van der Waals surface area (Å²) < 4.78 is 8.00. The van der Waals surface area contributed by atoms with Gasteiger partial charge in [-0.2, -0.15) is 0 Å². The summed E-state index contributed by atoms with van der Waals surface area (Å²) in [5.74, 6) is -0.107. The van der Waals surface area contributed by atoms with Gasteiger partial charge in [-0.15, -0.1) is 5.10 Å². The topological polar surface area (TPSA) is 73.1 Å². The number of hydrogen-bond acceptors (Lipinski definition) is 5. The fourth-order valence-corrected chi connectivity index (χ4v) is 3.46. The summed E-state index contributed by atoms with van der Waals surface area (Å²) >= 11 is 0. The fourth-order valence-electron chi connectivity index (χ4n) is 3.46. The monoisotopic (exact) mass is 389 g/mol. The number of carbonyl (C=O) groups excluding carboxylic acids is 1. The third-order valence-corrected chi connectivity index (χ3v) is 5.12. The maximum atomic E-state index is 12.2.